The zero-order chi connectivity index (χ0) is 38.4. The fourth-order valence-electron chi connectivity index (χ4n) is 5.83. The van der Waals surface area contributed by atoms with Gasteiger partial charge in [0.05, 0.1) is 31.7 Å². The summed E-state index contributed by atoms with van der Waals surface area (Å²) in [7, 11) is -4.30. The number of carbonyl (C=O) groups is 1. The molecule has 0 aliphatic carbocycles. The zero-order valence-electron chi connectivity index (χ0n) is 33.3. The molecular weight excluding hydrogens is 681 g/mol. The number of allylic oxidation sites excluding steroid dienone is 2. The molecule has 11 heteroatoms. The van der Waals surface area contributed by atoms with Gasteiger partial charge in [-0.3, -0.25) is 13.8 Å². The van der Waals surface area contributed by atoms with E-state index in [0.717, 1.165) is 51.4 Å². The van der Waals surface area contributed by atoms with Crippen molar-refractivity contribution in [2.75, 3.05) is 26.4 Å². The van der Waals surface area contributed by atoms with Gasteiger partial charge in [0.25, 0.3) is 0 Å². The average molecular weight is 762 g/mol. The minimum Gasteiger partial charge on any atom is -0.492 e. The van der Waals surface area contributed by atoms with Crippen molar-refractivity contribution in [1.29, 1.82) is 0 Å². The first-order chi connectivity index (χ1) is 25.3. The highest BCUT2D eigenvalue weighted by molar-refractivity contribution is 7.47. The van der Waals surface area contributed by atoms with E-state index in [2.05, 4.69) is 19.9 Å². The predicted molar refractivity (Wildman–Crippen MR) is 213 cm³/mol. The fourth-order valence-corrected chi connectivity index (χ4v) is 6.59. The van der Waals surface area contributed by atoms with E-state index >= 15 is 0 Å². The molecule has 0 aromatic rings. The molecule has 0 heterocycles. The number of aliphatic hydroxyl groups is 2. The molecule has 0 saturated carbocycles. The van der Waals surface area contributed by atoms with Gasteiger partial charge in [-0.25, -0.2) is 4.57 Å². The quantitative estimate of drug-likeness (QED) is 0.0156. The third-order valence-corrected chi connectivity index (χ3v) is 10.1. The molecule has 1 unspecified atom stereocenters. The third kappa shape index (κ3) is 35.8. The Kier molecular flexibility index (Phi) is 37.1. The number of rotatable bonds is 40. The molecule has 308 valence electrons. The molecular formula is C41H80NO9P. The summed E-state index contributed by atoms with van der Waals surface area (Å²) in [5.74, 6) is -0.368. The monoisotopic (exact) mass is 762 g/mol. The SMILES string of the molecule is CCCCC/C=C\C[C@@H](O)[C@H](O)CCCCCCCC(=O)OC[C@H](COP(=O)(O)OCCN)O/C=C/CCCCCCCCCCCCCCCC. The molecule has 0 aliphatic heterocycles. The van der Waals surface area contributed by atoms with Gasteiger partial charge in [-0.2, -0.15) is 0 Å². The van der Waals surface area contributed by atoms with Gasteiger partial charge >= 0.3 is 13.8 Å². The van der Waals surface area contributed by atoms with Gasteiger partial charge in [0.15, 0.2) is 6.10 Å². The summed E-state index contributed by atoms with van der Waals surface area (Å²) in [6.45, 7) is 3.99. The van der Waals surface area contributed by atoms with Crippen molar-refractivity contribution in [2.24, 2.45) is 5.73 Å². The third-order valence-electron chi connectivity index (χ3n) is 9.16. The first-order valence-electron chi connectivity index (χ1n) is 21.0. The van der Waals surface area contributed by atoms with E-state index in [-0.39, 0.29) is 38.8 Å². The van der Waals surface area contributed by atoms with E-state index in [1.165, 1.54) is 96.3 Å². The van der Waals surface area contributed by atoms with Crippen LogP contribution in [0.3, 0.4) is 0 Å². The van der Waals surface area contributed by atoms with E-state index in [1.807, 2.05) is 12.2 Å². The molecule has 4 atom stereocenters. The van der Waals surface area contributed by atoms with Crippen LogP contribution in [0.2, 0.25) is 0 Å². The Hall–Kier alpha value is -1.26. The van der Waals surface area contributed by atoms with Crippen molar-refractivity contribution in [3.63, 3.8) is 0 Å². The highest BCUT2D eigenvalue weighted by Gasteiger charge is 2.24. The van der Waals surface area contributed by atoms with Crippen LogP contribution in [-0.4, -0.2) is 65.8 Å². The summed E-state index contributed by atoms with van der Waals surface area (Å²) >= 11 is 0. The Labute approximate surface area is 318 Å². The van der Waals surface area contributed by atoms with Crippen LogP contribution in [0.25, 0.3) is 0 Å². The zero-order valence-corrected chi connectivity index (χ0v) is 34.2. The van der Waals surface area contributed by atoms with Crippen LogP contribution in [0.15, 0.2) is 24.5 Å². The predicted octanol–water partition coefficient (Wildman–Crippen LogP) is 10.4. The number of hydrogen-bond donors (Lipinski definition) is 4. The molecule has 0 aromatic carbocycles. The highest BCUT2D eigenvalue weighted by Crippen LogP contribution is 2.43. The number of phosphoric acid groups is 1. The second-order valence-electron chi connectivity index (χ2n) is 14.2. The molecule has 0 saturated heterocycles. The van der Waals surface area contributed by atoms with E-state index in [4.69, 9.17) is 24.3 Å². The average Bonchev–Trinajstić information content (AvgIpc) is 3.13. The second-order valence-corrected chi connectivity index (χ2v) is 15.7. The number of carbonyl (C=O) groups excluding carboxylic acids is 1. The number of aliphatic hydroxyl groups excluding tert-OH is 2. The number of phosphoric ester groups is 1. The summed E-state index contributed by atoms with van der Waals surface area (Å²) in [6.07, 6.45) is 34.6. The smallest absolute Gasteiger partial charge is 0.472 e. The van der Waals surface area contributed by atoms with Gasteiger partial charge in [0.1, 0.15) is 6.61 Å². The van der Waals surface area contributed by atoms with E-state index in [9.17, 15) is 24.5 Å². The first-order valence-corrected chi connectivity index (χ1v) is 22.5. The van der Waals surface area contributed by atoms with Crippen LogP contribution in [0.5, 0.6) is 0 Å². The van der Waals surface area contributed by atoms with Crippen LogP contribution >= 0.6 is 7.82 Å². The molecule has 52 heavy (non-hydrogen) atoms. The molecule has 5 N–H and O–H groups in total. The molecule has 0 aromatic heterocycles. The number of esters is 1. The van der Waals surface area contributed by atoms with Gasteiger partial charge in [0.2, 0.25) is 0 Å². The number of hydrogen-bond acceptors (Lipinski definition) is 9. The van der Waals surface area contributed by atoms with Gasteiger partial charge in [-0.05, 0) is 51.0 Å². The van der Waals surface area contributed by atoms with E-state index < -0.39 is 26.1 Å². The van der Waals surface area contributed by atoms with Crippen molar-refractivity contribution >= 4 is 13.8 Å². The maximum absolute atomic E-state index is 12.4. The van der Waals surface area contributed by atoms with E-state index in [1.54, 1.807) is 6.26 Å². The molecule has 0 bridgehead atoms. The Morgan fingerprint density at radius 3 is 1.79 bits per heavy atom. The van der Waals surface area contributed by atoms with Gasteiger partial charge in [-0.1, -0.05) is 148 Å². The number of unbranched alkanes of at least 4 members (excludes halogenated alkanes) is 21. The molecule has 0 fully saturated rings. The van der Waals surface area contributed by atoms with Crippen LogP contribution in [0.1, 0.15) is 187 Å². The summed E-state index contributed by atoms with van der Waals surface area (Å²) in [5, 5.41) is 20.4. The van der Waals surface area contributed by atoms with Gasteiger partial charge in [-0.15, -0.1) is 0 Å². The normalized spacial score (nSPS) is 14.9. The van der Waals surface area contributed by atoms with Gasteiger partial charge in [0, 0.05) is 13.0 Å². The molecule has 10 nitrogen and oxygen atoms in total. The minimum absolute atomic E-state index is 0.0790. The summed E-state index contributed by atoms with van der Waals surface area (Å²) in [5.41, 5.74) is 5.35. The van der Waals surface area contributed by atoms with Crippen molar-refractivity contribution < 1.29 is 43.0 Å². The molecule has 0 amide bonds. The molecule has 0 radical (unpaired) electrons. The van der Waals surface area contributed by atoms with Crippen LogP contribution in [0, 0.1) is 0 Å². The fraction of sp³-hybridized carbons (Fsp3) is 0.878. The van der Waals surface area contributed by atoms with Crippen molar-refractivity contribution in [3.8, 4) is 0 Å². The Balaban J connectivity index is 4.20. The lowest BCUT2D eigenvalue weighted by atomic mass is 10.0. The minimum atomic E-state index is -4.30. The largest absolute Gasteiger partial charge is 0.492 e. The van der Waals surface area contributed by atoms with Crippen molar-refractivity contribution in [3.05, 3.63) is 24.5 Å². The van der Waals surface area contributed by atoms with Crippen LogP contribution in [-0.2, 0) is 27.9 Å². The van der Waals surface area contributed by atoms with Crippen molar-refractivity contribution in [2.45, 2.75) is 206 Å². The lowest BCUT2D eigenvalue weighted by molar-refractivity contribution is -0.147. The van der Waals surface area contributed by atoms with Gasteiger partial charge < -0.3 is 30.3 Å². The molecule has 0 aliphatic rings. The van der Waals surface area contributed by atoms with Crippen molar-refractivity contribution in [1.82, 2.24) is 0 Å². The number of ether oxygens (including phenoxy) is 2. The Morgan fingerprint density at radius 2 is 1.17 bits per heavy atom. The Bertz CT molecular complexity index is 888. The lowest BCUT2D eigenvalue weighted by Crippen LogP contribution is -2.25. The summed E-state index contributed by atoms with van der Waals surface area (Å²) in [6, 6.07) is 0. The standard InChI is InChI=1S/C41H80NO9P/c1-3-5-7-9-11-12-13-14-15-16-17-18-19-20-25-29-34-48-38(37-51-52(46,47)50-35-33-42)36-49-41(45)32-28-24-21-23-27-31-40(44)39(43)30-26-22-10-8-6-4-2/h22,26,29,34,38-40,43-44H,3-21,23-25,27-28,30-33,35-37,42H2,1-2H3,(H,46,47)/b26-22-,34-29+/t38-,39-,40-/m1/s1. The van der Waals surface area contributed by atoms with Crippen LogP contribution < -0.4 is 5.73 Å². The molecule has 0 spiro atoms. The summed E-state index contributed by atoms with van der Waals surface area (Å²) in [4.78, 5) is 22.3. The first kappa shape index (κ1) is 50.7. The maximum atomic E-state index is 12.4. The van der Waals surface area contributed by atoms with E-state index in [0.29, 0.717) is 19.3 Å². The second kappa shape index (κ2) is 38.0. The molecule has 0 rings (SSSR count). The maximum Gasteiger partial charge on any atom is 0.472 e. The Morgan fingerprint density at radius 1 is 0.654 bits per heavy atom. The number of nitrogens with two attached hydrogens (primary N) is 1. The summed E-state index contributed by atoms with van der Waals surface area (Å²) < 4.78 is 33.1. The topological polar surface area (TPSA) is 158 Å². The van der Waals surface area contributed by atoms with Crippen LogP contribution in [0.4, 0.5) is 0 Å². The highest BCUT2D eigenvalue weighted by atomic mass is 31.2. The lowest BCUT2D eigenvalue weighted by Gasteiger charge is -2.19.